The van der Waals surface area contributed by atoms with E-state index in [9.17, 15) is 13.2 Å². The van der Waals surface area contributed by atoms with Crippen LogP contribution in [0.15, 0.2) is 55.1 Å². The Morgan fingerprint density at radius 2 is 1.68 bits per heavy atom. The first-order valence-electron chi connectivity index (χ1n) is 6.41. The molecular formula is C17H10ClF3O. The van der Waals surface area contributed by atoms with Crippen molar-refractivity contribution in [2.45, 2.75) is 6.18 Å². The van der Waals surface area contributed by atoms with Crippen molar-refractivity contribution in [1.82, 2.24) is 0 Å². The Hall–Kier alpha value is -2.20. The third-order valence-corrected chi connectivity index (χ3v) is 3.62. The number of ether oxygens (including phenoxy) is 1. The first-order chi connectivity index (χ1) is 10.4. The number of alkyl halides is 3. The molecule has 22 heavy (non-hydrogen) atoms. The smallest absolute Gasteiger partial charge is 0.416 e. The molecule has 0 amide bonds. The zero-order valence-electron chi connectivity index (χ0n) is 11.2. The highest BCUT2D eigenvalue weighted by Crippen LogP contribution is 2.41. The maximum atomic E-state index is 12.6. The topological polar surface area (TPSA) is 9.23 Å². The molecule has 0 atom stereocenters. The van der Waals surface area contributed by atoms with Crippen LogP contribution < -0.4 is 4.74 Å². The minimum Gasteiger partial charge on any atom is -0.454 e. The Morgan fingerprint density at radius 1 is 1.00 bits per heavy atom. The lowest BCUT2D eigenvalue weighted by Gasteiger charge is -2.21. The van der Waals surface area contributed by atoms with Gasteiger partial charge in [-0.05, 0) is 29.8 Å². The van der Waals surface area contributed by atoms with Gasteiger partial charge in [-0.1, -0.05) is 42.4 Å². The SMILES string of the molecule is C=C1C=C(c2ccc(C(F)(F)F)cc2)Oc2c(Cl)cccc21. The summed E-state index contributed by atoms with van der Waals surface area (Å²) in [6, 6.07) is 10.1. The maximum Gasteiger partial charge on any atom is 0.416 e. The molecular weight excluding hydrogens is 313 g/mol. The van der Waals surface area contributed by atoms with Crippen LogP contribution >= 0.6 is 11.6 Å². The van der Waals surface area contributed by atoms with Crippen LogP contribution in [0.2, 0.25) is 5.02 Å². The zero-order chi connectivity index (χ0) is 15.9. The highest BCUT2D eigenvalue weighted by atomic mass is 35.5. The molecule has 0 aliphatic carbocycles. The molecule has 0 unspecified atom stereocenters. The van der Waals surface area contributed by atoms with E-state index >= 15 is 0 Å². The van der Waals surface area contributed by atoms with Gasteiger partial charge < -0.3 is 4.74 Å². The van der Waals surface area contributed by atoms with Crippen molar-refractivity contribution in [3.8, 4) is 5.75 Å². The van der Waals surface area contributed by atoms with Crippen LogP contribution in [-0.4, -0.2) is 0 Å². The van der Waals surface area contributed by atoms with Gasteiger partial charge in [0, 0.05) is 11.1 Å². The Labute approximate surface area is 130 Å². The summed E-state index contributed by atoms with van der Waals surface area (Å²) in [5.41, 5.74) is 1.28. The van der Waals surface area contributed by atoms with Gasteiger partial charge in [0.15, 0.2) is 5.75 Å². The average Bonchev–Trinajstić information content (AvgIpc) is 2.47. The number of halogens is 4. The third-order valence-electron chi connectivity index (χ3n) is 3.33. The van der Waals surface area contributed by atoms with Crippen molar-refractivity contribution in [3.63, 3.8) is 0 Å². The summed E-state index contributed by atoms with van der Waals surface area (Å²) in [6.07, 6.45) is -2.68. The van der Waals surface area contributed by atoms with E-state index in [2.05, 4.69) is 6.58 Å². The molecule has 0 radical (unpaired) electrons. The molecule has 0 spiro atoms. The van der Waals surface area contributed by atoms with Crippen molar-refractivity contribution in [1.29, 1.82) is 0 Å². The van der Waals surface area contributed by atoms with Crippen LogP contribution in [0.3, 0.4) is 0 Å². The van der Waals surface area contributed by atoms with Gasteiger partial charge in [0.25, 0.3) is 0 Å². The van der Waals surface area contributed by atoms with E-state index < -0.39 is 11.7 Å². The fourth-order valence-electron chi connectivity index (χ4n) is 2.21. The molecule has 1 nitrogen and oxygen atoms in total. The fraction of sp³-hybridized carbons (Fsp3) is 0.0588. The lowest BCUT2D eigenvalue weighted by Crippen LogP contribution is -2.06. The summed E-state index contributed by atoms with van der Waals surface area (Å²) in [7, 11) is 0. The quantitative estimate of drug-likeness (QED) is 0.644. The Kier molecular flexibility index (Phi) is 3.49. The molecule has 5 heteroatoms. The second kappa shape index (κ2) is 5.21. The normalized spacial score (nSPS) is 14.2. The largest absolute Gasteiger partial charge is 0.454 e. The maximum absolute atomic E-state index is 12.6. The van der Waals surface area contributed by atoms with Crippen molar-refractivity contribution in [2.75, 3.05) is 0 Å². The van der Waals surface area contributed by atoms with Crippen LogP contribution in [0, 0.1) is 0 Å². The van der Waals surface area contributed by atoms with Gasteiger partial charge in [0.05, 0.1) is 10.6 Å². The number of para-hydroxylation sites is 1. The van der Waals surface area contributed by atoms with E-state index in [4.69, 9.17) is 16.3 Å². The lowest BCUT2D eigenvalue weighted by molar-refractivity contribution is -0.137. The molecule has 1 aliphatic heterocycles. The molecule has 2 aromatic rings. The summed E-state index contributed by atoms with van der Waals surface area (Å²) in [4.78, 5) is 0. The van der Waals surface area contributed by atoms with Crippen LogP contribution in [-0.2, 0) is 6.18 Å². The zero-order valence-corrected chi connectivity index (χ0v) is 12.0. The number of benzene rings is 2. The van der Waals surface area contributed by atoms with Gasteiger partial charge in [-0.15, -0.1) is 0 Å². The third kappa shape index (κ3) is 2.62. The van der Waals surface area contributed by atoms with Gasteiger partial charge in [-0.3, -0.25) is 0 Å². The minimum atomic E-state index is -4.36. The summed E-state index contributed by atoms with van der Waals surface area (Å²) < 4.78 is 43.5. The molecule has 0 saturated heterocycles. The van der Waals surface area contributed by atoms with Gasteiger partial charge in [-0.2, -0.15) is 13.2 Å². The monoisotopic (exact) mass is 322 g/mol. The average molecular weight is 323 g/mol. The molecule has 112 valence electrons. The van der Waals surface area contributed by atoms with Crippen molar-refractivity contribution >= 4 is 22.9 Å². The predicted molar refractivity (Wildman–Crippen MR) is 80.5 cm³/mol. The molecule has 0 aromatic heterocycles. The van der Waals surface area contributed by atoms with Crippen LogP contribution in [0.4, 0.5) is 13.2 Å². The molecule has 0 saturated carbocycles. The fourth-order valence-corrected chi connectivity index (χ4v) is 2.42. The first-order valence-corrected chi connectivity index (χ1v) is 6.79. The standard InChI is InChI=1S/C17H10ClF3O/c1-10-9-15(22-16-13(10)3-2-4-14(16)18)11-5-7-12(8-6-11)17(19,20)21/h2-9H,1H2. The van der Waals surface area contributed by atoms with Crippen LogP contribution in [0.1, 0.15) is 16.7 Å². The van der Waals surface area contributed by atoms with E-state index in [-0.39, 0.29) is 0 Å². The number of rotatable bonds is 1. The Morgan fingerprint density at radius 3 is 2.32 bits per heavy atom. The van der Waals surface area contributed by atoms with Crippen LogP contribution in [0.5, 0.6) is 5.75 Å². The molecule has 0 fully saturated rings. The first kappa shape index (κ1) is 14.7. The predicted octanol–water partition coefficient (Wildman–Crippen LogP) is 5.81. The summed E-state index contributed by atoms with van der Waals surface area (Å²) in [5, 5.41) is 0.427. The van der Waals surface area contributed by atoms with Gasteiger partial charge in [-0.25, -0.2) is 0 Å². The van der Waals surface area contributed by atoms with Crippen LogP contribution in [0.25, 0.3) is 11.3 Å². The van der Waals surface area contributed by atoms with E-state index in [1.54, 1.807) is 18.2 Å². The molecule has 0 bridgehead atoms. The second-order valence-electron chi connectivity index (χ2n) is 4.83. The lowest BCUT2D eigenvalue weighted by atomic mass is 10.0. The summed E-state index contributed by atoms with van der Waals surface area (Å²) >= 11 is 6.10. The van der Waals surface area contributed by atoms with Crippen molar-refractivity contribution < 1.29 is 17.9 Å². The molecule has 0 N–H and O–H groups in total. The number of allylic oxidation sites excluding steroid dienone is 2. The van der Waals surface area contributed by atoms with Gasteiger partial charge >= 0.3 is 6.18 Å². The molecule has 2 aromatic carbocycles. The van der Waals surface area contributed by atoms with E-state index in [0.717, 1.165) is 17.7 Å². The van der Waals surface area contributed by atoms with Crippen molar-refractivity contribution in [2.24, 2.45) is 0 Å². The summed E-state index contributed by atoms with van der Waals surface area (Å²) in [6.45, 7) is 3.93. The Bertz CT molecular complexity index is 773. The van der Waals surface area contributed by atoms with Crippen molar-refractivity contribution in [3.05, 3.63) is 76.8 Å². The minimum absolute atomic E-state index is 0.416. The summed E-state index contributed by atoms with van der Waals surface area (Å²) in [5.74, 6) is 0.880. The van der Waals surface area contributed by atoms with Gasteiger partial charge in [0.1, 0.15) is 5.76 Å². The van der Waals surface area contributed by atoms with E-state index in [0.29, 0.717) is 27.7 Å². The highest BCUT2D eigenvalue weighted by molar-refractivity contribution is 6.32. The molecule has 3 rings (SSSR count). The second-order valence-corrected chi connectivity index (χ2v) is 5.23. The number of hydrogen-bond donors (Lipinski definition) is 0. The number of hydrogen-bond acceptors (Lipinski definition) is 1. The molecule has 1 aliphatic rings. The van der Waals surface area contributed by atoms with Gasteiger partial charge in [0.2, 0.25) is 0 Å². The Balaban J connectivity index is 1.97. The number of fused-ring (bicyclic) bond motifs is 1. The van der Waals surface area contributed by atoms with E-state index in [1.165, 1.54) is 12.1 Å². The highest BCUT2D eigenvalue weighted by Gasteiger charge is 2.30. The van der Waals surface area contributed by atoms with E-state index in [1.807, 2.05) is 6.07 Å². The molecule has 1 heterocycles.